The van der Waals surface area contributed by atoms with Gasteiger partial charge in [0.2, 0.25) is 20.7 Å². The number of benzene rings is 1. The Hall–Kier alpha value is -4.23. The van der Waals surface area contributed by atoms with Gasteiger partial charge in [-0.05, 0) is 67.9 Å². The SMILES string of the molecule is COCC1CCC(CNc2ccc(S(=O)(=O)C3(Oc4cnc5[nH]ccc5c4)C=CC=CC3C(N)=O)cc2[N+](=O)[O-])CC1. The van der Waals surface area contributed by atoms with Gasteiger partial charge in [-0.25, -0.2) is 13.4 Å². The van der Waals surface area contributed by atoms with E-state index >= 15 is 0 Å². The second-order valence-electron chi connectivity index (χ2n) is 10.7. The van der Waals surface area contributed by atoms with E-state index < -0.39 is 37.2 Å². The Balaban J connectivity index is 1.47. The van der Waals surface area contributed by atoms with Crippen molar-refractivity contribution in [2.24, 2.45) is 23.5 Å². The number of methoxy groups -OCH3 is 1. The van der Waals surface area contributed by atoms with Crippen molar-refractivity contribution in [1.29, 1.82) is 0 Å². The summed E-state index contributed by atoms with van der Waals surface area (Å²) < 4.78 is 40.0. The number of nitrogens with one attached hydrogen (secondary N) is 2. The summed E-state index contributed by atoms with van der Waals surface area (Å²) in [5, 5.41) is 15.9. The summed E-state index contributed by atoms with van der Waals surface area (Å²) in [5.41, 5.74) is 6.04. The number of amides is 1. The number of sulfone groups is 1. The van der Waals surface area contributed by atoms with Crippen molar-refractivity contribution in [3.63, 3.8) is 0 Å². The summed E-state index contributed by atoms with van der Waals surface area (Å²) in [7, 11) is -2.92. The van der Waals surface area contributed by atoms with Crippen LogP contribution in [0.5, 0.6) is 5.75 Å². The molecule has 0 aliphatic heterocycles. The standard InChI is InChI=1S/C29H33N5O7S/c1-40-18-20-7-5-19(6-8-20)16-32-25-10-9-23(15-26(25)34(36)37)42(38,39)29(12-3-2-4-24(29)27(30)35)41-22-14-21-11-13-31-28(21)33-17-22/h2-4,9-15,17,19-20,24,32H,5-8,16,18H2,1H3,(H2,30,35)(H,31,33). The minimum absolute atomic E-state index is 0.0740. The highest BCUT2D eigenvalue weighted by molar-refractivity contribution is 7.93. The van der Waals surface area contributed by atoms with Crippen LogP contribution in [0.4, 0.5) is 11.4 Å². The van der Waals surface area contributed by atoms with E-state index in [-0.39, 0.29) is 16.3 Å². The fourth-order valence-corrected chi connectivity index (χ4v) is 7.60. The zero-order valence-corrected chi connectivity index (χ0v) is 23.9. The average molecular weight is 596 g/mol. The maximum absolute atomic E-state index is 14.3. The smallest absolute Gasteiger partial charge is 0.293 e. The number of nitrogens with two attached hydrogens (primary N) is 1. The minimum atomic E-state index is -4.62. The van der Waals surface area contributed by atoms with Crippen LogP contribution in [0, 0.1) is 27.9 Å². The maximum Gasteiger partial charge on any atom is 0.293 e. The summed E-state index contributed by atoms with van der Waals surface area (Å²) in [6.07, 6.45) is 12.5. The van der Waals surface area contributed by atoms with Gasteiger partial charge in [0, 0.05) is 37.9 Å². The van der Waals surface area contributed by atoms with Crippen LogP contribution < -0.4 is 15.8 Å². The van der Waals surface area contributed by atoms with Crippen molar-refractivity contribution in [2.45, 2.75) is 35.5 Å². The summed E-state index contributed by atoms with van der Waals surface area (Å²) in [4.78, 5) is 28.5. The van der Waals surface area contributed by atoms with Crippen molar-refractivity contribution < 1.29 is 27.6 Å². The first-order chi connectivity index (χ1) is 20.1. The molecule has 0 spiro atoms. The number of hydrogen-bond donors (Lipinski definition) is 3. The largest absolute Gasteiger partial charge is 0.464 e. The predicted octanol–water partition coefficient (Wildman–Crippen LogP) is 4.11. The van der Waals surface area contributed by atoms with Gasteiger partial charge < -0.3 is 25.5 Å². The first-order valence-electron chi connectivity index (χ1n) is 13.7. The van der Waals surface area contributed by atoms with E-state index in [0.717, 1.165) is 38.4 Å². The van der Waals surface area contributed by atoms with Gasteiger partial charge in [-0.2, -0.15) is 0 Å². The second kappa shape index (κ2) is 11.9. The Kier molecular flexibility index (Phi) is 8.32. The van der Waals surface area contributed by atoms with Gasteiger partial charge in [0.15, 0.2) is 0 Å². The average Bonchev–Trinajstić information content (AvgIpc) is 3.45. The number of carbonyl (C=O) groups excluding carboxylic acids is 1. The molecule has 42 heavy (non-hydrogen) atoms. The highest BCUT2D eigenvalue weighted by atomic mass is 32.2. The highest BCUT2D eigenvalue weighted by Gasteiger charge is 2.54. The lowest BCUT2D eigenvalue weighted by atomic mass is 9.82. The molecule has 12 nitrogen and oxygen atoms in total. The summed E-state index contributed by atoms with van der Waals surface area (Å²) in [5.74, 6) is -1.44. The molecule has 1 fully saturated rings. The van der Waals surface area contributed by atoms with E-state index in [0.29, 0.717) is 29.4 Å². The molecule has 1 amide bonds. The van der Waals surface area contributed by atoms with Crippen LogP contribution in [0.25, 0.3) is 11.0 Å². The molecule has 2 aliphatic carbocycles. The fourth-order valence-electron chi connectivity index (χ4n) is 5.72. The van der Waals surface area contributed by atoms with E-state index in [2.05, 4.69) is 15.3 Å². The zero-order chi connectivity index (χ0) is 29.9. The van der Waals surface area contributed by atoms with Crippen molar-refractivity contribution in [3.05, 3.63) is 77.1 Å². The molecule has 1 aromatic carbocycles. The number of fused-ring (bicyclic) bond motifs is 1. The van der Waals surface area contributed by atoms with E-state index in [9.17, 15) is 23.3 Å². The van der Waals surface area contributed by atoms with E-state index in [1.807, 2.05) is 0 Å². The molecule has 2 atom stereocenters. The quantitative estimate of drug-likeness (QED) is 0.217. The zero-order valence-electron chi connectivity index (χ0n) is 23.1. The van der Waals surface area contributed by atoms with Crippen molar-refractivity contribution in [1.82, 2.24) is 9.97 Å². The number of hydrogen-bond acceptors (Lipinski definition) is 9. The number of pyridine rings is 1. The number of aromatic nitrogens is 2. The number of anilines is 1. The second-order valence-corrected chi connectivity index (χ2v) is 12.8. The predicted molar refractivity (Wildman–Crippen MR) is 157 cm³/mol. The number of rotatable bonds is 11. The molecule has 0 bridgehead atoms. The van der Waals surface area contributed by atoms with Crippen LogP contribution in [-0.2, 0) is 19.4 Å². The highest BCUT2D eigenvalue weighted by Crippen LogP contribution is 2.41. The Morgan fingerprint density at radius 2 is 1.95 bits per heavy atom. The van der Waals surface area contributed by atoms with Crippen LogP contribution in [-0.4, -0.2) is 54.4 Å². The molecule has 0 radical (unpaired) electrons. The molecule has 2 heterocycles. The number of nitro benzene ring substituents is 1. The van der Waals surface area contributed by atoms with Crippen molar-refractivity contribution in [2.75, 3.05) is 25.6 Å². The number of nitrogens with zero attached hydrogens (tertiary/aromatic N) is 2. The Bertz CT molecular complexity index is 1640. The number of H-pyrrole nitrogens is 1. The van der Waals surface area contributed by atoms with Crippen molar-refractivity contribution >= 4 is 38.2 Å². The summed E-state index contributed by atoms with van der Waals surface area (Å²) in [6.45, 7) is 1.25. The number of ether oxygens (including phenoxy) is 2. The number of allylic oxidation sites excluding steroid dienone is 2. The summed E-state index contributed by atoms with van der Waals surface area (Å²) in [6, 6.07) is 6.97. The van der Waals surface area contributed by atoms with E-state index in [1.54, 1.807) is 25.4 Å². The molecule has 0 saturated heterocycles. The molecule has 222 valence electrons. The number of primary amides is 1. The molecule has 4 N–H and O–H groups in total. The Labute approximate surface area is 243 Å². The van der Waals surface area contributed by atoms with Crippen LogP contribution in [0.2, 0.25) is 0 Å². The minimum Gasteiger partial charge on any atom is -0.464 e. The molecule has 2 unspecified atom stereocenters. The molecule has 13 heteroatoms. The lowest BCUT2D eigenvalue weighted by Crippen LogP contribution is -2.53. The van der Waals surface area contributed by atoms with Gasteiger partial charge >= 0.3 is 0 Å². The van der Waals surface area contributed by atoms with E-state index in [4.69, 9.17) is 15.2 Å². The van der Waals surface area contributed by atoms with E-state index in [1.165, 1.54) is 42.6 Å². The Morgan fingerprint density at radius 1 is 1.19 bits per heavy atom. The lowest BCUT2D eigenvalue weighted by molar-refractivity contribution is -0.384. The Morgan fingerprint density at radius 3 is 2.67 bits per heavy atom. The monoisotopic (exact) mass is 595 g/mol. The topological polar surface area (TPSA) is 180 Å². The maximum atomic E-state index is 14.3. The number of nitro groups is 1. The third kappa shape index (κ3) is 5.61. The lowest BCUT2D eigenvalue weighted by Gasteiger charge is -2.36. The number of aromatic amines is 1. The molecule has 2 aliphatic rings. The number of carbonyl (C=O) groups is 1. The van der Waals surface area contributed by atoms with Crippen LogP contribution in [0.15, 0.2) is 71.9 Å². The molecule has 5 rings (SSSR count). The van der Waals surface area contributed by atoms with Crippen molar-refractivity contribution in [3.8, 4) is 5.75 Å². The molecule has 3 aromatic rings. The van der Waals surface area contributed by atoms with Crippen LogP contribution >= 0.6 is 0 Å². The van der Waals surface area contributed by atoms with Gasteiger partial charge in [0.1, 0.15) is 23.0 Å². The molecular weight excluding hydrogens is 562 g/mol. The first-order valence-corrected chi connectivity index (χ1v) is 15.2. The van der Waals surface area contributed by atoms with Gasteiger partial charge in [-0.3, -0.25) is 14.9 Å². The van der Waals surface area contributed by atoms with Gasteiger partial charge in [0.25, 0.3) is 5.69 Å². The molecule has 2 aromatic heterocycles. The van der Waals surface area contributed by atoms with Gasteiger partial charge in [-0.15, -0.1) is 0 Å². The third-order valence-corrected chi connectivity index (χ3v) is 10.2. The molecule has 1 saturated carbocycles. The van der Waals surface area contributed by atoms with Crippen LogP contribution in [0.3, 0.4) is 0 Å². The van der Waals surface area contributed by atoms with Crippen LogP contribution in [0.1, 0.15) is 25.7 Å². The summed E-state index contributed by atoms with van der Waals surface area (Å²) >= 11 is 0. The molecular formula is C29H33N5O7S. The van der Waals surface area contributed by atoms with Gasteiger partial charge in [-0.1, -0.05) is 18.2 Å². The van der Waals surface area contributed by atoms with Gasteiger partial charge in [0.05, 0.1) is 16.0 Å². The fraction of sp³-hybridized carbons (Fsp3) is 0.379. The normalized spacial score (nSPS) is 24.0. The first kappa shape index (κ1) is 29.3. The third-order valence-electron chi connectivity index (χ3n) is 7.98.